The maximum Gasteiger partial charge on any atom is 0.214 e. The molecule has 1 aliphatic carbocycles. The first-order valence-electron chi connectivity index (χ1n) is 5.41. The summed E-state index contributed by atoms with van der Waals surface area (Å²) in [5.41, 5.74) is 3.31. The number of ketones is 1. The molecule has 1 aliphatic heterocycles. The van der Waals surface area contributed by atoms with Gasteiger partial charge < -0.3 is 0 Å². The molecular weight excluding hydrogens is 228 g/mol. The summed E-state index contributed by atoms with van der Waals surface area (Å²) in [4.78, 5) is 16.4. The molecule has 0 N–H and O–H groups in total. The van der Waals surface area contributed by atoms with E-state index in [4.69, 9.17) is 0 Å². The molecule has 0 radical (unpaired) electrons. The van der Waals surface area contributed by atoms with Crippen molar-refractivity contribution in [3.8, 4) is 0 Å². The van der Waals surface area contributed by atoms with Crippen molar-refractivity contribution in [2.24, 2.45) is 15.2 Å². The van der Waals surface area contributed by atoms with Crippen molar-refractivity contribution in [2.45, 2.75) is 6.92 Å². The number of fused-ring (bicyclic) bond motifs is 3. The van der Waals surface area contributed by atoms with Gasteiger partial charge in [-0.3, -0.25) is 4.79 Å². The molecule has 3 rings (SSSR count). The van der Waals surface area contributed by atoms with E-state index in [9.17, 15) is 4.79 Å². The molecule has 5 nitrogen and oxygen atoms in total. The van der Waals surface area contributed by atoms with Crippen molar-refractivity contribution in [2.75, 3.05) is 0 Å². The number of aliphatic imine (C=N–C) groups is 1. The van der Waals surface area contributed by atoms with Gasteiger partial charge in [0.05, 0.1) is 0 Å². The molecular formula is C13H10N4O. The SMILES string of the molecule is C=NN1N=C2C(=NC1=C)C(=O)c1cc(C)ccc12. The maximum atomic E-state index is 12.2. The molecule has 2 aliphatic rings. The highest BCUT2D eigenvalue weighted by atomic mass is 16.1. The van der Waals surface area contributed by atoms with Crippen molar-refractivity contribution in [1.29, 1.82) is 0 Å². The highest BCUT2D eigenvalue weighted by Gasteiger charge is 2.36. The zero-order valence-corrected chi connectivity index (χ0v) is 9.84. The second-order valence-corrected chi connectivity index (χ2v) is 4.13. The first-order valence-corrected chi connectivity index (χ1v) is 5.41. The van der Waals surface area contributed by atoms with E-state index in [2.05, 4.69) is 28.5 Å². The Morgan fingerprint density at radius 3 is 2.78 bits per heavy atom. The standard InChI is InChI=1S/C13H10N4O/c1-7-4-5-9-10(6-7)13(18)12-11(9)16-17(14-3)8(2)15-12/h4-6H,2-3H2,1H3. The van der Waals surface area contributed by atoms with Gasteiger partial charge in [0.1, 0.15) is 11.4 Å². The van der Waals surface area contributed by atoms with E-state index in [1.165, 1.54) is 5.12 Å². The number of hydrogen-bond donors (Lipinski definition) is 0. The van der Waals surface area contributed by atoms with Crippen LogP contribution in [0.15, 0.2) is 45.8 Å². The van der Waals surface area contributed by atoms with Crippen LogP contribution in [0.5, 0.6) is 0 Å². The Morgan fingerprint density at radius 1 is 1.28 bits per heavy atom. The molecule has 1 aromatic carbocycles. The Morgan fingerprint density at radius 2 is 2.06 bits per heavy atom. The molecule has 1 heterocycles. The van der Waals surface area contributed by atoms with Gasteiger partial charge in [-0.05, 0) is 13.0 Å². The molecule has 1 aromatic rings. The molecule has 0 saturated heterocycles. The number of aryl methyl sites for hydroxylation is 1. The molecule has 0 saturated carbocycles. The molecule has 88 valence electrons. The average Bonchev–Trinajstić information content (AvgIpc) is 2.62. The van der Waals surface area contributed by atoms with E-state index in [0.717, 1.165) is 11.1 Å². The summed E-state index contributed by atoms with van der Waals surface area (Å²) < 4.78 is 0. The number of Topliss-reactive ketones (excluding diaryl/α,β-unsaturated/α-hetero) is 1. The fourth-order valence-corrected chi connectivity index (χ4v) is 2.06. The van der Waals surface area contributed by atoms with Crippen molar-refractivity contribution in [1.82, 2.24) is 5.12 Å². The number of benzene rings is 1. The molecule has 18 heavy (non-hydrogen) atoms. The van der Waals surface area contributed by atoms with Crippen LogP contribution in [0.2, 0.25) is 0 Å². The van der Waals surface area contributed by atoms with E-state index in [-0.39, 0.29) is 5.78 Å². The van der Waals surface area contributed by atoms with Crippen molar-refractivity contribution in [3.05, 3.63) is 47.3 Å². The Labute approximate surface area is 104 Å². The number of carbonyl (C=O) groups is 1. The topological polar surface area (TPSA) is 57.4 Å². The molecule has 0 aromatic heterocycles. The molecule has 0 amide bonds. The zero-order chi connectivity index (χ0) is 12.9. The first kappa shape index (κ1) is 10.6. The quantitative estimate of drug-likeness (QED) is 0.700. The Kier molecular flexibility index (Phi) is 2.04. The monoisotopic (exact) mass is 238 g/mol. The number of hydrogen-bond acceptors (Lipinski definition) is 5. The normalized spacial score (nSPS) is 17.1. The summed E-state index contributed by atoms with van der Waals surface area (Å²) in [6, 6.07) is 5.65. The number of rotatable bonds is 1. The largest absolute Gasteiger partial charge is 0.287 e. The molecule has 0 unspecified atom stereocenters. The summed E-state index contributed by atoms with van der Waals surface area (Å²) >= 11 is 0. The van der Waals surface area contributed by atoms with E-state index in [1.54, 1.807) is 0 Å². The third-order valence-electron chi connectivity index (χ3n) is 2.91. The van der Waals surface area contributed by atoms with E-state index in [1.807, 2.05) is 25.1 Å². The second kappa shape index (κ2) is 3.46. The lowest BCUT2D eigenvalue weighted by atomic mass is 10.1. The van der Waals surface area contributed by atoms with Gasteiger partial charge in [-0.15, -0.1) is 10.2 Å². The molecule has 0 bridgehead atoms. The highest BCUT2D eigenvalue weighted by Crippen LogP contribution is 2.27. The summed E-state index contributed by atoms with van der Waals surface area (Å²) in [6.45, 7) is 9.02. The smallest absolute Gasteiger partial charge is 0.214 e. The van der Waals surface area contributed by atoms with Crippen LogP contribution in [0.25, 0.3) is 0 Å². The predicted molar refractivity (Wildman–Crippen MR) is 70.0 cm³/mol. The summed E-state index contributed by atoms with van der Waals surface area (Å²) in [5.74, 6) is 0.180. The van der Waals surface area contributed by atoms with Gasteiger partial charge in [-0.25, -0.2) is 4.99 Å². The van der Waals surface area contributed by atoms with Gasteiger partial charge in [-0.1, -0.05) is 24.3 Å². The van der Waals surface area contributed by atoms with E-state index < -0.39 is 0 Å². The van der Waals surface area contributed by atoms with Crippen molar-refractivity contribution >= 4 is 23.9 Å². The van der Waals surface area contributed by atoms with Crippen LogP contribution in [-0.4, -0.2) is 29.0 Å². The number of carbonyl (C=O) groups excluding carboxylic acids is 1. The van der Waals surface area contributed by atoms with Crippen molar-refractivity contribution < 1.29 is 4.79 Å². The van der Waals surface area contributed by atoms with Gasteiger partial charge in [0.25, 0.3) is 0 Å². The van der Waals surface area contributed by atoms with Gasteiger partial charge in [-0.2, -0.15) is 5.10 Å². The van der Waals surface area contributed by atoms with Crippen LogP contribution < -0.4 is 0 Å². The Hall–Kier alpha value is -2.56. The number of hydrazone groups is 2. The minimum absolute atomic E-state index is 0.114. The van der Waals surface area contributed by atoms with Gasteiger partial charge in [0.2, 0.25) is 5.78 Å². The number of nitrogens with zero attached hydrogens (tertiary/aromatic N) is 4. The predicted octanol–water partition coefficient (Wildman–Crippen LogP) is 1.74. The average molecular weight is 238 g/mol. The lowest BCUT2D eigenvalue weighted by Crippen LogP contribution is -2.25. The van der Waals surface area contributed by atoms with Crippen molar-refractivity contribution in [3.63, 3.8) is 0 Å². The van der Waals surface area contributed by atoms with E-state index >= 15 is 0 Å². The third kappa shape index (κ3) is 1.27. The molecule has 5 heteroatoms. The Bertz CT molecular complexity index is 670. The fraction of sp³-hybridized carbons (Fsp3) is 0.0769. The van der Waals surface area contributed by atoms with Crippen LogP contribution in [0, 0.1) is 6.92 Å². The lowest BCUT2D eigenvalue weighted by Gasteiger charge is -2.17. The van der Waals surface area contributed by atoms with Crippen LogP contribution in [0.1, 0.15) is 21.5 Å². The minimum Gasteiger partial charge on any atom is -0.287 e. The highest BCUT2D eigenvalue weighted by molar-refractivity contribution is 6.78. The van der Waals surface area contributed by atoms with E-state index in [0.29, 0.717) is 22.8 Å². The fourth-order valence-electron chi connectivity index (χ4n) is 2.06. The van der Waals surface area contributed by atoms with Crippen LogP contribution in [-0.2, 0) is 0 Å². The van der Waals surface area contributed by atoms with Crippen LogP contribution in [0.3, 0.4) is 0 Å². The summed E-state index contributed by atoms with van der Waals surface area (Å²) in [6.07, 6.45) is 0. The maximum absolute atomic E-state index is 12.2. The summed E-state index contributed by atoms with van der Waals surface area (Å²) in [7, 11) is 0. The van der Waals surface area contributed by atoms with Gasteiger partial charge >= 0.3 is 0 Å². The molecule has 0 atom stereocenters. The summed E-state index contributed by atoms with van der Waals surface area (Å²) in [5, 5.41) is 9.14. The zero-order valence-electron chi connectivity index (χ0n) is 9.84. The van der Waals surface area contributed by atoms with Gasteiger partial charge in [0, 0.05) is 17.8 Å². The lowest BCUT2D eigenvalue weighted by molar-refractivity contribution is 0.106. The first-order chi connectivity index (χ1) is 8.61. The molecule has 0 fully saturated rings. The molecule has 0 spiro atoms. The third-order valence-corrected chi connectivity index (χ3v) is 2.91. The van der Waals surface area contributed by atoms with Gasteiger partial charge in [0.15, 0.2) is 5.82 Å². The van der Waals surface area contributed by atoms with Crippen LogP contribution >= 0.6 is 0 Å². The van der Waals surface area contributed by atoms with Crippen LogP contribution in [0.4, 0.5) is 0 Å². The second-order valence-electron chi connectivity index (χ2n) is 4.13. The minimum atomic E-state index is -0.114. The Balaban J connectivity index is 2.25.